The van der Waals surface area contributed by atoms with Crippen LogP contribution in [0.2, 0.25) is 0 Å². The summed E-state index contributed by atoms with van der Waals surface area (Å²) >= 11 is 3.50. The number of hydrogen-bond donors (Lipinski definition) is 0. The summed E-state index contributed by atoms with van der Waals surface area (Å²) in [5.74, 6) is -3.15. The van der Waals surface area contributed by atoms with Crippen LogP contribution in [0.3, 0.4) is 0 Å². The molecule has 0 N–H and O–H groups in total. The zero-order valence-electron chi connectivity index (χ0n) is 31.5. The van der Waals surface area contributed by atoms with Crippen LogP contribution < -0.4 is 5.56 Å². The highest BCUT2D eigenvalue weighted by Gasteiger charge is 2.38. The number of aryl methyl sites for hydroxylation is 2. The maximum absolute atomic E-state index is 13.7. The molecular weight excluding hydrogens is 766 g/mol. The fourth-order valence-electron chi connectivity index (χ4n) is 7.76. The Kier molecular flexibility index (Phi) is 12.7. The summed E-state index contributed by atoms with van der Waals surface area (Å²) in [6, 6.07) is 13.9. The lowest BCUT2D eigenvalue weighted by molar-refractivity contribution is -0.0395. The van der Waals surface area contributed by atoms with Crippen LogP contribution in [0.4, 0.5) is 17.6 Å². The van der Waals surface area contributed by atoms with E-state index in [4.69, 9.17) is 19.4 Å². The molecule has 5 aromatic rings. The molecule has 8 nitrogen and oxygen atoms in total. The van der Waals surface area contributed by atoms with Crippen LogP contribution in [-0.4, -0.2) is 61.9 Å². The zero-order chi connectivity index (χ0) is 38.6. The Balaban J connectivity index is 0.000000193. The van der Waals surface area contributed by atoms with Crippen molar-refractivity contribution in [1.29, 1.82) is 0 Å². The Morgan fingerprint density at radius 2 is 1.22 bits per heavy atom. The maximum Gasteiger partial charge on any atom is 0.253 e. The first-order valence-corrected chi connectivity index (χ1v) is 19.8. The number of ether oxygens (including phenoxy) is 2. The molecule has 2 fully saturated rings. The van der Waals surface area contributed by atoms with Crippen molar-refractivity contribution in [3.05, 3.63) is 80.7 Å². The molecule has 54 heavy (non-hydrogen) atoms. The number of imidazole rings is 2. The van der Waals surface area contributed by atoms with Gasteiger partial charge in [0.15, 0.2) is 0 Å². The summed E-state index contributed by atoms with van der Waals surface area (Å²) < 4.78 is 72.2. The summed E-state index contributed by atoms with van der Waals surface area (Å²) in [5.41, 5.74) is 6.40. The van der Waals surface area contributed by atoms with E-state index in [1.54, 1.807) is 11.6 Å². The number of fused-ring (bicyclic) bond motifs is 2. The van der Waals surface area contributed by atoms with Gasteiger partial charge in [0.05, 0.1) is 35.3 Å². The number of rotatable bonds is 11. The molecule has 2 aliphatic rings. The number of benzene rings is 2. The lowest BCUT2D eigenvalue weighted by Crippen LogP contribution is -2.25. The lowest BCUT2D eigenvalue weighted by atomic mass is 9.86. The lowest BCUT2D eigenvalue weighted by Gasteiger charge is -2.28. The molecule has 0 atom stereocenters. The second-order valence-electron chi connectivity index (χ2n) is 14.6. The van der Waals surface area contributed by atoms with Crippen LogP contribution in [0.15, 0.2) is 57.9 Å². The Morgan fingerprint density at radius 3 is 1.70 bits per heavy atom. The van der Waals surface area contributed by atoms with Crippen LogP contribution in [0.1, 0.15) is 94.3 Å². The van der Waals surface area contributed by atoms with Crippen molar-refractivity contribution in [2.45, 2.75) is 109 Å². The second-order valence-corrected chi connectivity index (χ2v) is 15.5. The SMILES string of the molecule is CCOCCn1c(C2CCC(F)(F)CC2)nc2ccc(-c3cc(C)c(=O)n(C)c3)cc21.CCOCCn1c(C2CCC(F)(F)CC2)nc2ccc(Br)cc21. The summed E-state index contributed by atoms with van der Waals surface area (Å²) in [4.78, 5) is 21.7. The fourth-order valence-corrected chi connectivity index (χ4v) is 8.11. The number of halogens is 5. The van der Waals surface area contributed by atoms with Gasteiger partial charge in [-0.1, -0.05) is 22.0 Å². The van der Waals surface area contributed by atoms with Crippen molar-refractivity contribution >= 4 is 38.0 Å². The Hall–Kier alpha value is -3.55. The minimum absolute atomic E-state index is 0.0111. The van der Waals surface area contributed by atoms with Crippen molar-refractivity contribution in [3.8, 4) is 11.1 Å². The van der Waals surface area contributed by atoms with Crippen LogP contribution in [0.25, 0.3) is 33.2 Å². The van der Waals surface area contributed by atoms with Gasteiger partial charge in [-0.25, -0.2) is 27.5 Å². The van der Waals surface area contributed by atoms with Crippen molar-refractivity contribution in [2.75, 3.05) is 26.4 Å². The minimum atomic E-state index is -2.56. The average Bonchev–Trinajstić information content (AvgIpc) is 3.68. The predicted molar refractivity (Wildman–Crippen MR) is 208 cm³/mol. The smallest absolute Gasteiger partial charge is 0.253 e. The van der Waals surface area contributed by atoms with E-state index >= 15 is 0 Å². The number of alkyl halides is 4. The number of pyridine rings is 1. The van der Waals surface area contributed by atoms with Crippen molar-refractivity contribution in [3.63, 3.8) is 0 Å². The second kappa shape index (κ2) is 17.1. The fraction of sp³-hybridized carbons (Fsp3) is 0.537. The molecular formula is C41H50BrF4N5O3. The monoisotopic (exact) mass is 815 g/mol. The van der Waals surface area contributed by atoms with E-state index in [1.807, 2.05) is 63.4 Å². The van der Waals surface area contributed by atoms with Crippen LogP contribution in [0.5, 0.6) is 0 Å². The summed E-state index contributed by atoms with van der Waals surface area (Å²) in [5, 5.41) is 0. The van der Waals surface area contributed by atoms with E-state index in [-0.39, 0.29) is 43.1 Å². The van der Waals surface area contributed by atoms with Gasteiger partial charge in [0.25, 0.3) is 5.56 Å². The summed E-state index contributed by atoms with van der Waals surface area (Å²) in [6.07, 6.45) is 3.44. The molecule has 13 heteroatoms. The Bertz CT molecular complexity index is 2080. The van der Waals surface area contributed by atoms with Gasteiger partial charge in [0.2, 0.25) is 11.8 Å². The molecule has 7 rings (SSSR count). The third-order valence-electron chi connectivity index (χ3n) is 10.7. The highest BCUT2D eigenvalue weighted by molar-refractivity contribution is 9.10. The highest BCUT2D eigenvalue weighted by atomic mass is 79.9. The van der Waals surface area contributed by atoms with Gasteiger partial charge in [-0.15, -0.1) is 0 Å². The molecule has 2 aliphatic carbocycles. The van der Waals surface area contributed by atoms with E-state index in [9.17, 15) is 22.4 Å². The van der Waals surface area contributed by atoms with Gasteiger partial charge in [0.1, 0.15) is 11.6 Å². The standard InChI is InChI=1S/C24H29F2N3O2.C17H21BrF2N2O/c1-4-31-12-11-29-21-14-18(19-13-16(2)23(30)28(3)15-19)5-6-20(21)27-22(29)17-7-9-24(25,26)10-8-17;1-2-23-10-9-22-15-11-13(18)3-4-14(15)21-16(22)12-5-7-17(19,20)8-6-12/h5-6,13-15,17H,4,7-12H2,1-3H3;3-4,11-12H,2,5-10H2,1H3. The van der Waals surface area contributed by atoms with E-state index < -0.39 is 11.8 Å². The van der Waals surface area contributed by atoms with Crippen LogP contribution >= 0.6 is 15.9 Å². The number of hydrogen-bond acceptors (Lipinski definition) is 5. The molecule has 3 heterocycles. The topological polar surface area (TPSA) is 76.1 Å². The molecule has 0 unspecified atom stereocenters. The molecule has 0 bridgehead atoms. The molecule has 0 amide bonds. The first-order chi connectivity index (χ1) is 25.8. The van der Waals surface area contributed by atoms with Crippen molar-refractivity contribution in [2.24, 2.45) is 7.05 Å². The maximum atomic E-state index is 13.7. The summed E-state index contributed by atoms with van der Waals surface area (Å²) in [7, 11) is 1.75. The van der Waals surface area contributed by atoms with Crippen molar-refractivity contribution < 1.29 is 27.0 Å². The van der Waals surface area contributed by atoms with E-state index in [0.29, 0.717) is 70.8 Å². The Labute approximate surface area is 322 Å². The van der Waals surface area contributed by atoms with E-state index in [2.05, 4.69) is 31.1 Å². The first kappa shape index (κ1) is 40.1. The Morgan fingerprint density at radius 1 is 0.741 bits per heavy atom. The van der Waals surface area contributed by atoms with Gasteiger partial charge in [-0.3, -0.25) is 4.79 Å². The third-order valence-corrected chi connectivity index (χ3v) is 11.2. The molecule has 2 aromatic carbocycles. The molecule has 3 aromatic heterocycles. The molecule has 2 saturated carbocycles. The normalized spacial score (nSPS) is 17.6. The zero-order valence-corrected chi connectivity index (χ0v) is 33.1. The predicted octanol–water partition coefficient (Wildman–Crippen LogP) is 10.2. The average molecular weight is 817 g/mol. The van der Waals surface area contributed by atoms with Gasteiger partial charge >= 0.3 is 0 Å². The van der Waals surface area contributed by atoms with E-state index in [1.165, 1.54) is 0 Å². The largest absolute Gasteiger partial charge is 0.380 e. The highest BCUT2D eigenvalue weighted by Crippen LogP contribution is 2.43. The van der Waals surface area contributed by atoms with Gasteiger partial charge in [-0.05, 0) is 94.0 Å². The molecule has 0 aliphatic heterocycles. The van der Waals surface area contributed by atoms with Crippen LogP contribution in [0, 0.1) is 6.92 Å². The van der Waals surface area contributed by atoms with Crippen LogP contribution in [-0.2, 0) is 29.6 Å². The quantitative estimate of drug-likeness (QED) is 0.0981. The molecule has 292 valence electrons. The molecule has 0 saturated heterocycles. The number of nitrogens with zero attached hydrogens (tertiary/aromatic N) is 5. The minimum Gasteiger partial charge on any atom is -0.380 e. The third kappa shape index (κ3) is 9.27. The molecule has 0 radical (unpaired) electrons. The summed E-state index contributed by atoms with van der Waals surface area (Å²) in [6.45, 7) is 9.49. The number of aromatic nitrogens is 5. The molecule has 0 spiro atoms. The van der Waals surface area contributed by atoms with Crippen molar-refractivity contribution in [1.82, 2.24) is 23.7 Å². The van der Waals surface area contributed by atoms with Gasteiger partial charge in [-0.2, -0.15) is 0 Å². The van der Waals surface area contributed by atoms with Gasteiger partial charge in [0, 0.05) is 87.1 Å². The van der Waals surface area contributed by atoms with E-state index in [0.717, 1.165) is 49.3 Å². The van der Waals surface area contributed by atoms with Gasteiger partial charge < -0.3 is 23.2 Å². The first-order valence-electron chi connectivity index (χ1n) is 19.0.